The van der Waals surface area contributed by atoms with Crippen LogP contribution in [0, 0.1) is 11.3 Å². The van der Waals surface area contributed by atoms with Gasteiger partial charge in [-0.15, -0.1) is 0 Å². The van der Waals surface area contributed by atoms with E-state index in [0.717, 1.165) is 6.07 Å². The Morgan fingerprint density at radius 1 is 1.67 bits per heavy atom. The fraction of sp³-hybridized carbons (Fsp3) is 0.200. The van der Waals surface area contributed by atoms with Crippen molar-refractivity contribution in [2.75, 3.05) is 5.73 Å². The van der Waals surface area contributed by atoms with Gasteiger partial charge in [-0.3, -0.25) is 0 Å². The summed E-state index contributed by atoms with van der Waals surface area (Å²) in [6.07, 6.45) is 0.369. The zero-order valence-corrected chi connectivity index (χ0v) is 8.11. The zero-order chi connectivity index (χ0) is 11.6. The molecule has 5 heteroatoms. The maximum Gasteiger partial charge on any atom is 0.339 e. The molecule has 0 aliphatic rings. The van der Waals surface area contributed by atoms with Crippen LogP contribution in [0.5, 0.6) is 5.75 Å². The third-order valence-electron chi connectivity index (χ3n) is 2.15. The molecule has 1 rings (SSSR count). The lowest BCUT2D eigenvalue weighted by atomic mass is 10.00. The van der Waals surface area contributed by atoms with E-state index >= 15 is 0 Å². The number of phenols is 1. The molecular formula is C10H10N2O3. The zero-order valence-electron chi connectivity index (χ0n) is 8.11. The van der Waals surface area contributed by atoms with E-state index in [0.29, 0.717) is 12.0 Å². The molecule has 0 aliphatic carbocycles. The molecule has 15 heavy (non-hydrogen) atoms. The van der Waals surface area contributed by atoms with Crippen molar-refractivity contribution in [2.45, 2.75) is 13.3 Å². The number of hydrogen-bond acceptors (Lipinski definition) is 4. The first kappa shape index (κ1) is 10.9. The standard InChI is InChI=1S/C10H10N2O3/c1-2-6-8(12)5(4-11)3-7(9(6)13)10(14)15/h3,13H,2,12H2,1H3,(H,14,15). The number of carboxylic acid groups (broad SMARTS) is 1. The van der Waals surface area contributed by atoms with Crippen LogP contribution in [-0.2, 0) is 6.42 Å². The molecule has 0 unspecified atom stereocenters. The second-order valence-electron chi connectivity index (χ2n) is 2.98. The van der Waals surface area contributed by atoms with Gasteiger partial charge in [-0.2, -0.15) is 5.26 Å². The number of aromatic hydroxyl groups is 1. The largest absolute Gasteiger partial charge is 0.507 e. The number of anilines is 1. The summed E-state index contributed by atoms with van der Waals surface area (Å²) in [5, 5.41) is 27.1. The Labute approximate surface area is 86.4 Å². The van der Waals surface area contributed by atoms with E-state index in [-0.39, 0.29) is 22.6 Å². The van der Waals surface area contributed by atoms with Crippen molar-refractivity contribution in [2.24, 2.45) is 0 Å². The molecule has 0 radical (unpaired) electrons. The van der Waals surface area contributed by atoms with Crippen LogP contribution in [0.25, 0.3) is 0 Å². The van der Waals surface area contributed by atoms with Gasteiger partial charge in [0.25, 0.3) is 0 Å². The molecule has 0 amide bonds. The van der Waals surface area contributed by atoms with Gasteiger partial charge in [0.1, 0.15) is 17.4 Å². The SMILES string of the molecule is CCc1c(N)c(C#N)cc(C(=O)O)c1O. The van der Waals surface area contributed by atoms with Gasteiger partial charge >= 0.3 is 5.97 Å². The Morgan fingerprint density at radius 3 is 2.67 bits per heavy atom. The Kier molecular flexibility index (Phi) is 2.81. The maximum atomic E-state index is 10.8. The summed E-state index contributed by atoms with van der Waals surface area (Å²) in [5.41, 5.74) is 5.82. The number of nitrogens with zero attached hydrogens (tertiary/aromatic N) is 1. The van der Waals surface area contributed by atoms with Gasteiger partial charge in [0, 0.05) is 5.56 Å². The highest BCUT2D eigenvalue weighted by Gasteiger charge is 2.18. The van der Waals surface area contributed by atoms with Crippen molar-refractivity contribution in [3.8, 4) is 11.8 Å². The topological polar surface area (TPSA) is 107 Å². The molecule has 0 saturated carbocycles. The van der Waals surface area contributed by atoms with Crippen molar-refractivity contribution in [3.05, 3.63) is 22.8 Å². The van der Waals surface area contributed by atoms with Crippen molar-refractivity contribution in [3.63, 3.8) is 0 Å². The van der Waals surface area contributed by atoms with Crippen LogP contribution in [-0.4, -0.2) is 16.2 Å². The summed E-state index contributed by atoms with van der Waals surface area (Å²) in [7, 11) is 0. The lowest BCUT2D eigenvalue weighted by Crippen LogP contribution is -2.04. The van der Waals surface area contributed by atoms with Gasteiger partial charge < -0.3 is 15.9 Å². The predicted molar refractivity (Wildman–Crippen MR) is 53.6 cm³/mol. The molecule has 0 aliphatic heterocycles. The quantitative estimate of drug-likeness (QED) is 0.628. The first-order chi connectivity index (χ1) is 7.02. The molecule has 0 heterocycles. The second-order valence-corrected chi connectivity index (χ2v) is 2.98. The summed E-state index contributed by atoms with van der Waals surface area (Å²) < 4.78 is 0. The van der Waals surface area contributed by atoms with Gasteiger partial charge in [-0.05, 0) is 12.5 Å². The molecule has 0 fully saturated rings. The minimum absolute atomic E-state index is 0.0713. The third-order valence-corrected chi connectivity index (χ3v) is 2.15. The monoisotopic (exact) mass is 206 g/mol. The maximum absolute atomic E-state index is 10.8. The van der Waals surface area contributed by atoms with E-state index in [9.17, 15) is 9.90 Å². The van der Waals surface area contributed by atoms with Gasteiger partial charge in [0.05, 0.1) is 11.3 Å². The number of hydrogen-bond donors (Lipinski definition) is 3. The second kappa shape index (κ2) is 3.88. The molecule has 0 bridgehead atoms. The molecule has 0 spiro atoms. The molecule has 0 saturated heterocycles. The number of nitrogens with two attached hydrogens (primary N) is 1. The van der Waals surface area contributed by atoms with Crippen LogP contribution < -0.4 is 5.73 Å². The van der Waals surface area contributed by atoms with Crippen molar-refractivity contribution >= 4 is 11.7 Å². The number of carbonyl (C=O) groups is 1. The number of benzene rings is 1. The molecule has 4 N–H and O–H groups in total. The number of nitriles is 1. The summed E-state index contributed by atoms with van der Waals surface area (Å²) >= 11 is 0. The Morgan fingerprint density at radius 2 is 2.27 bits per heavy atom. The molecule has 5 nitrogen and oxygen atoms in total. The average Bonchev–Trinajstić information content (AvgIpc) is 2.18. The van der Waals surface area contributed by atoms with Gasteiger partial charge in [0.15, 0.2) is 0 Å². The predicted octanol–water partition coefficient (Wildman–Crippen LogP) is 1.11. The van der Waals surface area contributed by atoms with E-state index in [1.54, 1.807) is 13.0 Å². The fourth-order valence-electron chi connectivity index (χ4n) is 1.36. The van der Waals surface area contributed by atoms with Crippen LogP contribution in [0.15, 0.2) is 6.07 Å². The number of nitrogen functional groups attached to an aromatic ring is 1. The van der Waals surface area contributed by atoms with Crippen LogP contribution in [0.1, 0.15) is 28.4 Å². The van der Waals surface area contributed by atoms with Crippen molar-refractivity contribution < 1.29 is 15.0 Å². The van der Waals surface area contributed by atoms with Gasteiger partial charge in [-0.25, -0.2) is 4.79 Å². The number of carboxylic acids is 1. The highest BCUT2D eigenvalue weighted by molar-refractivity contribution is 5.93. The van der Waals surface area contributed by atoms with Crippen LogP contribution >= 0.6 is 0 Å². The lowest BCUT2D eigenvalue weighted by Gasteiger charge is -2.10. The van der Waals surface area contributed by atoms with E-state index in [1.165, 1.54) is 0 Å². The number of aromatic carboxylic acids is 1. The molecule has 1 aromatic carbocycles. The average molecular weight is 206 g/mol. The van der Waals surface area contributed by atoms with Crippen LogP contribution in [0.3, 0.4) is 0 Å². The first-order valence-corrected chi connectivity index (χ1v) is 4.30. The normalized spacial score (nSPS) is 9.60. The van der Waals surface area contributed by atoms with Crippen LogP contribution in [0.2, 0.25) is 0 Å². The van der Waals surface area contributed by atoms with E-state index in [2.05, 4.69) is 0 Å². The van der Waals surface area contributed by atoms with Crippen molar-refractivity contribution in [1.82, 2.24) is 0 Å². The Hall–Kier alpha value is -2.22. The fourth-order valence-corrected chi connectivity index (χ4v) is 1.36. The van der Waals surface area contributed by atoms with Gasteiger partial charge in [-0.1, -0.05) is 6.92 Å². The molecule has 1 aromatic rings. The summed E-state index contributed by atoms with van der Waals surface area (Å²) in [6, 6.07) is 2.87. The van der Waals surface area contributed by atoms with Gasteiger partial charge in [0.2, 0.25) is 0 Å². The smallest absolute Gasteiger partial charge is 0.339 e. The molecule has 0 aromatic heterocycles. The first-order valence-electron chi connectivity index (χ1n) is 4.30. The molecule has 78 valence electrons. The summed E-state index contributed by atoms with van der Waals surface area (Å²) in [4.78, 5) is 10.8. The Balaban J connectivity index is 3.60. The third kappa shape index (κ3) is 1.70. The molecule has 0 atom stereocenters. The van der Waals surface area contributed by atoms with E-state index in [1.807, 2.05) is 0 Å². The lowest BCUT2D eigenvalue weighted by molar-refractivity contribution is 0.0693. The van der Waals surface area contributed by atoms with Crippen molar-refractivity contribution in [1.29, 1.82) is 5.26 Å². The highest BCUT2D eigenvalue weighted by atomic mass is 16.4. The molecular weight excluding hydrogens is 196 g/mol. The Bertz CT molecular complexity index is 461. The number of rotatable bonds is 2. The van der Waals surface area contributed by atoms with E-state index < -0.39 is 5.97 Å². The minimum atomic E-state index is -1.28. The van der Waals surface area contributed by atoms with Crippen LogP contribution in [0.4, 0.5) is 5.69 Å². The van der Waals surface area contributed by atoms with E-state index in [4.69, 9.17) is 16.1 Å². The highest BCUT2D eigenvalue weighted by Crippen LogP contribution is 2.31. The minimum Gasteiger partial charge on any atom is -0.507 e. The summed E-state index contributed by atoms with van der Waals surface area (Å²) in [5.74, 6) is -1.64. The summed E-state index contributed by atoms with van der Waals surface area (Å²) in [6.45, 7) is 1.72.